The number of ketones is 1. The molecule has 0 heterocycles. The van der Waals surface area contributed by atoms with Crippen LogP contribution in [0, 0.1) is 0 Å². The van der Waals surface area contributed by atoms with E-state index in [9.17, 15) is 24.3 Å². The molecule has 2 aromatic rings. The molecule has 0 spiro atoms. The summed E-state index contributed by atoms with van der Waals surface area (Å²) in [5.74, 6) is -3.65. The molecule has 0 aliphatic rings. The van der Waals surface area contributed by atoms with E-state index in [1.165, 1.54) is 43.3 Å². The van der Waals surface area contributed by atoms with Gasteiger partial charge in [-0.05, 0) is 35.9 Å². The van der Waals surface area contributed by atoms with Crippen molar-refractivity contribution in [1.82, 2.24) is 0 Å². The molecule has 0 fully saturated rings. The molecule has 2 amide bonds. The van der Waals surface area contributed by atoms with Crippen LogP contribution in [0.5, 0.6) is 0 Å². The lowest BCUT2D eigenvalue weighted by Crippen LogP contribution is -2.25. The van der Waals surface area contributed by atoms with Gasteiger partial charge in [-0.25, -0.2) is 0 Å². The second-order valence-electron chi connectivity index (χ2n) is 5.02. The molecule has 0 atom stereocenters. The highest BCUT2D eigenvalue weighted by Crippen LogP contribution is 2.22. The normalized spacial score (nSPS) is 10.0. The van der Waals surface area contributed by atoms with Crippen LogP contribution in [-0.2, 0) is 9.59 Å². The number of hydrogen-bond acceptors (Lipinski definition) is 5. The number of Topliss-reactive ketones (excluding diaryl/α,β-unsaturated/α-hetero) is 1. The van der Waals surface area contributed by atoms with Crippen molar-refractivity contribution in [1.29, 1.82) is 0 Å². The molecule has 0 unspecified atom stereocenters. The van der Waals surface area contributed by atoms with Crippen molar-refractivity contribution in [2.75, 3.05) is 10.6 Å². The van der Waals surface area contributed by atoms with Crippen molar-refractivity contribution in [3.8, 4) is 0 Å². The number of benzene rings is 2. The molecule has 0 aliphatic carbocycles. The summed E-state index contributed by atoms with van der Waals surface area (Å²) in [5, 5.41) is 15.6. The zero-order valence-electron chi connectivity index (χ0n) is 13.0. The van der Waals surface area contributed by atoms with Crippen molar-refractivity contribution in [2.24, 2.45) is 0 Å². The monoisotopic (exact) mass is 403 g/mol. The maximum Gasteiger partial charge on any atom is 0.296 e. The molecular formula is C17H12BrN2O5-. The average Bonchev–Trinajstić information content (AvgIpc) is 2.55. The van der Waals surface area contributed by atoms with E-state index in [1.54, 1.807) is 6.07 Å². The lowest BCUT2D eigenvalue weighted by molar-refractivity contribution is -0.255. The largest absolute Gasteiger partial charge is 0.545 e. The van der Waals surface area contributed by atoms with E-state index in [1.807, 2.05) is 0 Å². The first-order valence-electron chi connectivity index (χ1n) is 7.02. The number of carboxylic acids is 1. The van der Waals surface area contributed by atoms with Crippen molar-refractivity contribution in [2.45, 2.75) is 6.92 Å². The number of rotatable bonds is 5. The molecule has 2 N–H and O–H groups in total. The number of amides is 2. The van der Waals surface area contributed by atoms with Crippen LogP contribution in [0.15, 0.2) is 46.9 Å². The fourth-order valence-corrected chi connectivity index (χ4v) is 2.40. The van der Waals surface area contributed by atoms with Crippen molar-refractivity contribution in [3.05, 3.63) is 58.1 Å². The molecule has 2 rings (SSSR count). The molecule has 2 aromatic carbocycles. The van der Waals surface area contributed by atoms with Crippen molar-refractivity contribution in [3.63, 3.8) is 0 Å². The third-order valence-corrected chi connectivity index (χ3v) is 3.59. The first-order chi connectivity index (χ1) is 11.8. The molecule has 0 saturated carbocycles. The summed E-state index contributed by atoms with van der Waals surface area (Å²) < 4.78 is 0.553. The van der Waals surface area contributed by atoms with Crippen LogP contribution in [0.3, 0.4) is 0 Å². The minimum absolute atomic E-state index is 0.00173. The van der Waals surface area contributed by atoms with Gasteiger partial charge in [0.1, 0.15) is 0 Å². The zero-order valence-corrected chi connectivity index (χ0v) is 14.5. The van der Waals surface area contributed by atoms with Crippen LogP contribution in [0.2, 0.25) is 0 Å². The summed E-state index contributed by atoms with van der Waals surface area (Å²) in [7, 11) is 0. The van der Waals surface area contributed by atoms with E-state index in [0.717, 1.165) is 0 Å². The predicted molar refractivity (Wildman–Crippen MR) is 92.2 cm³/mol. The molecule has 128 valence electrons. The van der Waals surface area contributed by atoms with Gasteiger partial charge in [-0.15, -0.1) is 0 Å². The quantitative estimate of drug-likeness (QED) is 0.580. The van der Waals surface area contributed by atoms with Crippen LogP contribution in [0.25, 0.3) is 0 Å². The van der Waals surface area contributed by atoms with E-state index >= 15 is 0 Å². The molecular weight excluding hydrogens is 392 g/mol. The fraction of sp³-hybridized carbons (Fsp3) is 0.0588. The Kier molecular flexibility index (Phi) is 5.66. The van der Waals surface area contributed by atoms with Crippen molar-refractivity contribution < 1.29 is 24.3 Å². The van der Waals surface area contributed by atoms with Gasteiger partial charge in [0.25, 0.3) is 11.7 Å². The van der Waals surface area contributed by atoms with E-state index in [-0.39, 0.29) is 22.5 Å². The van der Waals surface area contributed by atoms with E-state index in [0.29, 0.717) is 4.47 Å². The van der Waals surface area contributed by atoms with Crippen LogP contribution in [0.4, 0.5) is 11.4 Å². The highest BCUT2D eigenvalue weighted by molar-refractivity contribution is 9.10. The van der Waals surface area contributed by atoms with E-state index < -0.39 is 23.6 Å². The third kappa shape index (κ3) is 4.74. The Morgan fingerprint density at radius 3 is 2.36 bits per heavy atom. The molecule has 0 radical (unpaired) electrons. The number of nitrogens with one attached hydrogen (secondary N) is 2. The summed E-state index contributed by atoms with van der Waals surface area (Å²) in [4.78, 5) is 46.7. The number of carbonyl (C=O) groups excluding carboxylic acids is 4. The average molecular weight is 404 g/mol. The van der Waals surface area contributed by atoms with Crippen LogP contribution < -0.4 is 15.7 Å². The highest BCUT2D eigenvalue weighted by atomic mass is 79.9. The van der Waals surface area contributed by atoms with Gasteiger partial charge in [0, 0.05) is 17.1 Å². The Morgan fingerprint density at radius 1 is 1.00 bits per heavy atom. The lowest BCUT2D eigenvalue weighted by atomic mass is 10.1. The SMILES string of the molecule is CC(=O)Nc1ccc(Br)cc1C(=O)C(=O)Nc1cccc(C(=O)[O-])c1. The molecule has 25 heavy (non-hydrogen) atoms. The number of carboxylic acid groups (broad SMARTS) is 1. The Balaban J connectivity index is 2.27. The second kappa shape index (κ2) is 7.71. The van der Waals surface area contributed by atoms with Gasteiger partial charge in [-0.2, -0.15) is 0 Å². The maximum absolute atomic E-state index is 12.4. The maximum atomic E-state index is 12.4. The van der Waals surface area contributed by atoms with Gasteiger partial charge in [-0.1, -0.05) is 28.1 Å². The first-order valence-corrected chi connectivity index (χ1v) is 7.81. The predicted octanol–water partition coefficient (Wildman–Crippen LogP) is 1.59. The Morgan fingerprint density at radius 2 is 1.72 bits per heavy atom. The summed E-state index contributed by atoms with van der Waals surface area (Å²) in [5.41, 5.74) is 0.195. The zero-order chi connectivity index (χ0) is 18.6. The summed E-state index contributed by atoms with van der Waals surface area (Å²) in [6.07, 6.45) is 0. The molecule has 0 aliphatic heterocycles. The Labute approximate surface area is 151 Å². The fourth-order valence-electron chi connectivity index (χ4n) is 2.04. The number of halogens is 1. The molecule has 0 bridgehead atoms. The topological polar surface area (TPSA) is 115 Å². The number of anilines is 2. The number of hydrogen-bond donors (Lipinski definition) is 2. The molecule has 8 heteroatoms. The van der Waals surface area contributed by atoms with Crippen LogP contribution in [0.1, 0.15) is 27.6 Å². The van der Waals surface area contributed by atoms with E-state index in [2.05, 4.69) is 26.6 Å². The standard InChI is InChI=1S/C17H13BrN2O5/c1-9(21)19-14-6-5-11(18)8-13(14)15(22)16(23)20-12-4-2-3-10(7-12)17(24)25/h2-8H,1H3,(H,19,21)(H,20,23)(H,24,25)/p-1. The smallest absolute Gasteiger partial charge is 0.296 e. The first kappa shape index (κ1) is 18.3. The van der Waals surface area contributed by atoms with Crippen LogP contribution in [-0.4, -0.2) is 23.6 Å². The third-order valence-electron chi connectivity index (χ3n) is 3.10. The summed E-state index contributed by atoms with van der Waals surface area (Å²) in [6, 6.07) is 9.84. The molecule has 7 nitrogen and oxygen atoms in total. The number of carbonyl (C=O) groups is 4. The van der Waals surface area contributed by atoms with Gasteiger partial charge >= 0.3 is 0 Å². The van der Waals surface area contributed by atoms with Gasteiger partial charge < -0.3 is 20.5 Å². The van der Waals surface area contributed by atoms with Crippen molar-refractivity contribution >= 4 is 50.9 Å². The minimum atomic E-state index is -1.40. The summed E-state index contributed by atoms with van der Waals surface area (Å²) >= 11 is 3.20. The minimum Gasteiger partial charge on any atom is -0.545 e. The second-order valence-corrected chi connectivity index (χ2v) is 5.94. The highest BCUT2D eigenvalue weighted by Gasteiger charge is 2.21. The van der Waals surface area contributed by atoms with Gasteiger partial charge in [-0.3, -0.25) is 14.4 Å². The van der Waals surface area contributed by atoms with Gasteiger partial charge in [0.2, 0.25) is 5.91 Å². The number of aromatic carboxylic acids is 1. The summed E-state index contributed by atoms with van der Waals surface area (Å²) in [6.45, 7) is 1.28. The van der Waals surface area contributed by atoms with Crippen LogP contribution >= 0.6 is 15.9 Å². The van der Waals surface area contributed by atoms with Gasteiger partial charge in [0.05, 0.1) is 17.2 Å². The lowest BCUT2D eigenvalue weighted by Gasteiger charge is -2.11. The molecule has 0 aromatic heterocycles. The Hall–Kier alpha value is -3.00. The van der Waals surface area contributed by atoms with Gasteiger partial charge in [0.15, 0.2) is 0 Å². The molecule has 0 saturated heterocycles. The Bertz CT molecular complexity index is 879. The van der Waals surface area contributed by atoms with E-state index in [4.69, 9.17) is 0 Å².